The van der Waals surface area contributed by atoms with Crippen molar-refractivity contribution in [3.8, 4) is 5.75 Å². The Balaban J connectivity index is 0.000000474. The highest BCUT2D eigenvalue weighted by Crippen LogP contribution is 2.22. The van der Waals surface area contributed by atoms with Gasteiger partial charge in [-0.3, -0.25) is 9.89 Å². The first kappa shape index (κ1) is 32.1. The molecule has 1 aromatic carbocycles. The van der Waals surface area contributed by atoms with E-state index in [1.54, 1.807) is 26.1 Å². The van der Waals surface area contributed by atoms with Crippen molar-refractivity contribution in [1.82, 2.24) is 10.2 Å². The lowest BCUT2D eigenvalue weighted by Crippen LogP contribution is -2.45. The molecule has 37 heavy (non-hydrogen) atoms. The van der Waals surface area contributed by atoms with E-state index < -0.39 is 12.0 Å². The Morgan fingerprint density at radius 3 is 2.35 bits per heavy atom. The smallest absolute Gasteiger partial charge is 0.444 e. The number of aliphatic imine (C=N–C) groups is 2. The minimum atomic E-state index is -4.60. The second-order valence-corrected chi connectivity index (χ2v) is 9.79. The van der Waals surface area contributed by atoms with Crippen LogP contribution in [0.3, 0.4) is 0 Å². The maximum absolute atomic E-state index is 11.8. The van der Waals surface area contributed by atoms with Crippen molar-refractivity contribution in [2.75, 3.05) is 26.7 Å². The van der Waals surface area contributed by atoms with E-state index in [0.717, 1.165) is 50.3 Å². The van der Waals surface area contributed by atoms with Crippen LogP contribution in [-0.4, -0.2) is 67.7 Å². The summed E-state index contributed by atoms with van der Waals surface area (Å²) in [7, 11) is 1.79. The van der Waals surface area contributed by atoms with E-state index in [2.05, 4.69) is 37.9 Å². The average molecular weight is 527 g/mol. The van der Waals surface area contributed by atoms with Gasteiger partial charge >= 0.3 is 12.5 Å². The number of nitrogens with one attached hydrogen (secondary N) is 1. The lowest BCUT2D eigenvalue weighted by atomic mass is 10.1. The highest BCUT2D eigenvalue weighted by molar-refractivity contribution is 6.02. The Morgan fingerprint density at radius 2 is 1.86 bits per heavy atom. The summed E-state index contributed by atoms with van der Waals surface area (Å²) < 4.78 is 43.8. The molecule has 2 rings (SSSR count). The number of alkyl carbamates (subject to hydrolysis) is 1. The lowest BCUT2D eigenvalue weighted by Gasteiger charge is -2.29. The molecule has 1 amide bonds. The third-order valence-electron chi connectivity index (χ3n) is 4.97. The first-order valence-corrected chi connectivity index (χ1v) is 12.5. The molecule has 7 nitrogen and oxygen atoms in total. The number of hydrogen-bond acceptors (Lipinski definition) is 5. The van der Waals surface area contributed by atoms with Crippen LogP contribution in [-0.2, 0) is 4.74 Å². The molecule has 0 saturated heterocycles. The summed E-state index contributed by atoms with van der Waals surface area (Å²) in [5.41, 5.74) is 1.63. The number of unbranched alkanes of at least 4 members (excludes halogenated alkanes) is 1. The summed E-state index contributed by atoms with van der Waals surface area (Å²) in [6, 6.07) is 5.71. The third kappa shape index (κ3) is 15.1. The first-order valence-electron chi connectivity index (χ1n) is 12.5. The fraction of sp³-hybridized carbons (Fsp3) is 0.593. The molecule has 1 N–H and O–H groups in total. The van der Waals surface area contributed by atoms with Gasteiger partial charge in [-0.25, -0.2) is 9.79 Å². The van der Waals surface area contributed by atoms with Crippen molar-refractivity contribution in [1.29, 1.82) is 0 Å². The van der Waals surface area contributed by atoms with Crippen LogP contribution < -0.4 is 10.1 Å². The number of carbonyl (C=O) groups excluding carboxylic acids is 1. The molecule has 1 aromatic rings. The van der Waals surface area contributed by atoms with Crippen LogP contribution in [0.15, 0.2) is 45.9 Å². The molecular formula is C27H41F3N4O3. The molecule has 1 unspecified atom stereocenters. The van der Waals surface area contributed by atoms with E-state index in [4.69, 9.17) is 4.74 Å². The zero-order valence-electron chi connectivity index (χ0n) is 23.0. The van der Waals surface area contributed by atoms with E-state index in [-0.39, 0.29) is 17.9 Å². The Labute approximate surface area is 218 Å². The van der Waals surface area contributed by atoms with E-state index in [0.29, 0.717) is 0 Å². The number of hydrogen-bond donors (Lipinski definition) is 1. The number of nitrogens with zero attached hydrogens (tertiary/aromatic N) is 3. The zero-order valence-corrected chi connectivity index (χ0v) is 23.0. The van der Waals surface area contributed by atoms with Gasteiger partial charge in [-0.05, 0) is 65.2 Å². The van der Waals surface area contributed by atoms with E-state index in [1.807, 2.05) is 33.9 Å². The van der Waals surface area contributed by atoms with Crippen LogP contribution in [0.2, 0.25) is 0 Å². The van der Waals surface area contributed by atoms with E-state index >= 15 is 0 Å². The molecular weight excluding hydrogens is 485 g/mol. The number of aryl methyl sites for hydroxylation is 1. The summed E-state index contributed by atoms with van der Waals surface area (Å²) in [5.74, 6) is 0.654. The molecule has 0 aromatic heterocycles. The fourth-order valence-electron chi connectivity index (χ4n) is 3.33. The lowest BCUT2D eigenvalue weighted by molar-refractivity contribution is -0.274. The van der Waals surface area contributed by atoms with Gasteiger partial charge in [0, 0.05) is 38.9 Å². The predicted molar refractivity (Wildman–Crippen MR) is 143 cm³/mol. The normalized spacial score (nSPS) is 15.9. The summed E-state index contributed by atoms with van der Waals surface area (Å²) in [4.78, 5) is 22.9. The summed E-state index contributed by atoms with van der Waals surface area (Å²) in [6.07, 6.45) is 2.17. The van der Waals surface area contributed by atoms with Crippen molar-refractivity contribution in [2.45, 2.75) is 78.8 Å². The number of amidine groups is 1. The van der Waals surface area contributed by atoms with Gasteiger partial charge < -0.3 is 14.8 Å². The zero-order chi connectivity index (χ0) is 28.1. The monoisotopic (exact) mass is 526 g/mol. The van der Waals surface area contributed by atoms with Gasteiger partial charge in [0.25, 0.3) is 0 Å². The van der Waals surface area contributed by atoms with E-state index in [9.17, 15) is 18.0 Å². The highest BCUT2D eigenvalue weighted by Gasteiger charge is 2.30. The Bertz CT molecular complexity index is 920. The van der Waals surface area contributed by atoms with Crippen molar-refractivity contribution in [2.24, 2.45) is 9.98 Å². The topological polar surface area (TPSA) is 75.5 Å². The van der Waals surface area contributed by atoms with Crippen molar-refractivity contribution in [3.63, 3.8) is 0 Å². The minimum absolute atomic E-state index is 0.0340. The summed E-state index contributed by atoms with van der Waals surface area (Å²) in [5, 5.41) is 2.89. The standard InChI is InChI=1S/C19H34N4O2.C8H7F3O/c1-7-8-11-21-17(20-6)16-9-12-23(13-10-16)14-15(2)22-18(24)25-19(3,4)5;1-6-2-4-7(5-3-6)12-8(9,10)11/h9,11,15H,7-8,10,12-14H2,1-6H3,(H,22,24);2-5H,1H3. The molecule has 0 aliphatic carbocycles. The number of halogens is 3. The van der Waals surface area contributed by atoms with Gasteiger partial charge in [-0.2, -0.15) is 0 Å². The molecule has 208 valence electrons. The maximum Gasteiger partial charge on any atom is 0.573 e. The molecule has 0 fully saturated rings. The molecule has 1 aliphatic rings. The molecule has 0 spiro atoms. The van der Waals surface area contributed by atoms with Crippen LogP contribution in [0.1, 0.15) is 59.4 Å². The average Bonchev–Trinajstić information content (AvgIpc) is 2.77. The summed E-state index contributed by atoms with van der Waals surface area (Å²) >= 11 is 0. The maximum atomic E-state index is 11.8. The Kier molecular flexibility index (Phi) is 13.4. The van der Waals surface area contributed by atoms with E-state index in [1.165, 1.54) is 17.7 Å². The molecule has 1 aliphatic heterocycles. The molecule has 0 bridgehead atoms. The van der Waals surface area contributed by atoms with Gasteiger partial charge in [-0.1, -0.05) is 37.1 Å². The molecule has 0 radical (unpaired) electrons. The molecule has 10 heteroatoms. The van der Waals surface area contributed by atoms with Crippen LogP contribution in [0.4, 0.5) is 18.0 Å². The van der Waals surface area contributed by atoms with Crippen LogP contribution in [0.25, 0.3) is 0 Å². The summed E-state index contributed by atoms with van der Waals surface area (Å²) in [6.45, 7) is 14.1. The number of alkyl halides is 3. The third-order valence-corrected chi connectivity index (χ3v) is 4.97. The van der Waals surface area contributed by atoms with Crippen molar-refractivity contribution in [3.05, 3.63) is 41.5 Å². The molecule has 1 heterocycles. The molecule has 1 atom stereocenters. The van der Waals surface area contributed by atoms with Gasteiger partial charge in [0.05, 0.1) is 0 Å². The minimum Gasteiger partial charge on any atom is -0.444 e. The van der Waals surface area contributed by atoms with Gasteiger partial charge in [-0.15, -0.1) is 13.2 Å². The number of benzene rings is 1. The second-order valence-electron chi connectivity index (χ2n) is 9.79. The number of ether oxygens (including phenoxy) is 2. The number of amides is 1. The van der Waals surface area contributed by atoms with Crippen LogP contribution in [0.5, 0.6) is 5.75 Å². The van der Waals surface area contributed by atoms with Gasteiger partial charge in [0.2, 0.25) is 0 Å². The van der Waals surface area contributed by atoms with Crippen LogP contribution in [0, 0.1) is 6.92 Å². The first-order chi connectivity index (χ1) is 17.2. The van der Waals surface area contributed by atoms with Gasteiger partial charge in [0.15, 0.2) is 0 Å². The van der Waals surface area contributed by atoms with Crippen molar-refractivity contribution >= 4 is 18.1 Å². The highest BCUT2D eigenvalue weighted by atomic mass is 19.4. The predicted octanol–water partition coefficient (Wildman–Crippen LogP) is 6.32. The second kappa shape index (κ2) is 15.4. The molecule has 0 saturated carbocycles. The quantitative estimate of drug-likeness (QED) is 0.333. The van der Waals surface area contributed by atoms with Crippen molar-refractivity contribution < 1.29 is 27.4 Å². The number of carbonyl (C=O) groups is 1. The SMILES string of the molecule is CCCC=NC(=NC)C1=CCN(CC(C)NC(=O)OC(C)(C)C)CC1.Cc1ccc(OC(F)(F)F)cc1. The van der Waals surface area contributed by atoms with Crippen LogP contribution >= 0.6 is 0 Å². The fourth-order valence-corrected chi connectivity index (χ4v) is 3.33. The number of rotatable bonds is 7. The Morgan fingerprint density at radius 1 is 1.22 bits per heavy atom. The Hall–Kier alpha value is -2.88. The largest absolute Gasteiger partial charge is 0.573 e. The van der Waals surface area contributed by atoms with Gasteiger partial charge in [0.1, 0.15) is 17.2 Å².